The van der Waals surface area contributed by atoms with E-state index >= 15 is 0 Å². The standard InChI is InChI=1S/C14H18N3O/c1-3-17(4-2)9-12-14(10-17)16(18)13-8-6-5-7-11(13)15-12/h5-8H,3-4,9-10H2,1-2H3/q+1. The van der Waals surface area contributed by atoms with Crippen molar-refractivity contribution in [2.24, 2.45) is 0 Å². The summed E-state index contributed by atoms with van der Waals surface area (Å²) in [5.74, 6) is 0. The van der Waals surface area contributed by atoms with Crippen LogP contribution in [0.5, 0.6) is 0 Å². The predicted molar refractivity (Wildman–Crippen MR) is 69.5 cm³/mol. The van der Waals surface area contributed by atoms with Crippen molar-refractivity contribution >= 4 is 11.0 Å². The van der Waals surface area contributed by atoms with Crippen molar-refractivity contribution in [3.8, 4) is 0 Å². The first-order valence-corrected chi connectivity index (χ1v) is 6.54. The van der Waals surface area contributed by atoms with Gasteiger partial charge in [-0.3, -0.25) is 0 Å². The Morgan fingerprint density at radius 1 is 1.22 bits per heavy atom. The summed E-state index contributed by atoms with van der Waals surface area (Å²) >= 11 is 0. The predicted octanol–water partition coefficient (Wildman–Crippen LogP) is 1.74. The van der Waals surface area contributed by atoms with Crippen LogP contribution in [0, 0.1) is 5.21 Å². The van der Waals surface area contributed by atoms with Crippen LogP contribution >= 0.6 is 0 Å². The van der Waals surface area contributed by atoms with Gasteiger partial charge in [0.05, 0.1) is 13.1 Å². The molecule has 0 saturated heterocycles. The zero-order valence-electron chi connectivity index (χ0n) is 10.9. The first-order valence-electron chi connectivity index (χ1n) is 6.54. The smallest absolute Gasteiger partial charge is 0.275 e. The lowest BCUT2D eigenvalue weighted by molar-refractivity contribution is -0.947. The molecule has 2 heterocycles. The molecule has 18 heavy (non-hydrogen) atoms. The highest BCUT2D eigenvalue weighted by Crippen LogP contribution is 2.27. The van der Waals surface area contributed by atoms with E-state index in [0.717, 1.165) is 52.3 Å². The summed E-state index contributed by atoms with van der Waals surface area (Å²) in [7, 11) is 0. The molecule has 0 aliphatic carbocycles. The molecule has 0 atom stereocenters. The third-order valence-electron chi connectivity index (χ3n) is 4.25. The minimum Gasteiger partial charge on any atom is -0.618 e. The van der Waals surface area contributed by atoms with Gasteiger partial charge in [0, 0.05) is 6.07 Å². The average molecular weight is 244 g/mol. The van der Waals surface area contributed by atoms with E-state index in [1.165, 1.54) is 0 Å². The molecule has 4 nitrogen and oxygen atoms in total. The van der Waals surface area contributed by atoms with E-state index in [9.17, 15) is 5.21 Å². The van der Waals surface area contributed by atoms with Crippen LogP contribution in [0.25, 0.3) is 11.0 Å². The molecule has 0 amide bonds. The topological polar surface area (TPSA) is 39.8 Å². The highest BCUT2D eigenvalue weighted by Gasteiger charge is 2.40. The van der Waals surface area contributed by atoms with Crippen molar-refractivity contribution in [3.05, 3.63) is 40.9 Å². The Labute approximate surface area is 107 Å². The maximum Gasteiger partial charge on any atom is 0.275 e. The maximum absolute atomic E-state index is 12.4. The van der Waals surface area contributed by atoms with Crippen LogP contribution in [0.4, 0.5) is 0 Å². The van der Waals surface area contributed by atoms with Crippen molar-refractivity contribution < 1.29 is 9.21 Å². The van der Waals surface area contributed by atoms with Gasteiger partial charge in [-0.2, -0.15) is 4.73 Å². The number of fused-ring (bicyclic) bond motifs is 2. The summed E-state index contributed by atoms with van der Waals surface area (Å²) in [6.45, 7) is 8.15. The molecule has 1 aromatic carbocycles. The van der Waals surface area contributed by atoms with Crippen LogP contribution in [0.2, 0.25) is 0 Å². The second kappa shape index (κ2) is 3.92. The van der Waals surface area contributed by atoms with Gasteiger partial charge >= 0.3 is 0 Å². The molecular formula is C14H18N3O+. The van der Waals surface area contributed by atoms with E-state index in [1.54, 1.807) is 0 Å². The quantitative estimate of drug-likeness (QED) is 0.458. The van der Waals surface area contributed by atoms with E-state index < -0.39 is 0 Å². The number of hydrogen-bond acceptors (Lipinski definition) is 2. The van der Waals surface area contributed by atoms with Crippen molar-refractivity contribution in [2.75, 3.05) is 13.1 Å². The average Bonchev–Trinajstić information content (AvgIpc) is 2.79. The lowest BCUT2D eigenvalue weighted by Crippen LogP contribution is -2.43. The van der Waals surface area contributed by atoms with Crippen LogP contribution < -0.4 is 4.73 Å². The molecule has 0 bridgehead atoms. The monoisotopic (exact) mass is 244 g/mol. The summed E-state index contributed by atoms with van der Waals surface area (Å²) in [5.41, 5.74) is 3.33. The van der Waals surface area contributed by atoms with Crippen molar-refractivity contribution in [3.63, 3.8) is 0 Å². The Kier molecular flexibility index (Phi) is 2.48. The second-order valence-corrected chi connectivity index (χ2v) is 5.08. The van der Waals surface area contributed by atoms with Gasteiger partial charge in [-0.15, -0.1) is 0 Å². The number of rotatable bonds is 2. The van der Waals surface area contributed by atoms with Gasteiger partial charge in [0.1, 0.15) is 12.1 Å². The van der Waals surface area contributed by atoms with Gasteiger partial charge in [-0.05, 0) is 19.9 Å². The molecule has 94 valence electrons. The Morgan fingerprint density at radius 3 is 2.67 bits per heavy atom. The van der Waals surface area contributed by atoms with E-state index in [2.05, 4.69) is 18.8 Å². The van der Waals surface area contributed by atoms with Crippen LogP contribution in [-0.4, -0.2) is 22.6 Å². The number of nitrogens with zero attached hydrogens (tertiary/aromatic N) is 3. The molecule has 2 aromatic rings. The minimum absolute atomic E-state index is 0.684. The van der Waals surface area contributed by atoms with Gasteiger partial charge in [0.2, 0.25) is 5.52 Å². The first-order chi connectivity index (χ1) is 8.69. The van der Waals surface area contributed by atoms with Crippen LogP contribution in [0.3, 0.4) is 0 Å². The molecule has 4 heteroatoms. The Morgan fingerprint density at radius 2 is 1.94 bits per heavy atom. The number of para-hydroxylation sites is 2. The summed E-state index contributed by atoms with van der Waals surface area (Å²) < 4.78 is 2.03. The maximum atomic E-state index is 12.4. The van der Waals surface area contributed by atoms with E-state index in [4.69, 9.17) is 0 Å². The second-order valence-electron chi connectivity index (χ2n) is 5.08. The van der Waals surface area contributed by atoms with Crippen molar-refractivity contribution in [1.82, 2.24) is 4.98 Å². The SMILES string of the molecule is CC[N+]1(CC)Cc2nc3ccccc3[n+]([O-])c2C1. The lowest BCUT2D eigenvalue weighted by Gasteiger charge is -2.30. The minimum atomic E-state index is 0.684. The van der Waals surface area contributed by atoms with Crippen LogP contribution in [0.15, 0.2) is 24.3 Å². The lowest BCUT2D eigenvalue weighted by atomic mass is 10.2. The molecule has 0 spiro atoms. The summed E-state index contributed by atoms with van der Waals surface area (Å²) in [5, 5.41) is 12.4. The Hall–Kier alpha value is -1.68. The molecular weight excluding hydrogens is 226 g/mol. The third kappa shape index (κ3) is 1.49. The molecule has 0 saturated carbocycles. The molecule has 0 radical (unpaired) electrons. The van der Waals surface area contributed by atoms with E-state index in [1.807, 2.05) is 24.3 Å². The first kappa shape index (κ1) is 11.4. The molecule has 1 aliphatic rings. The van der Waals surface area contributed by atoms with Gasteiger partial charge in [0.25, 0.3) is 5.69 Å². The summed E-state index contributed by atoms with van der Waals surface area (Å²) in [6.07, 6.45) is 0. The fourth-order valence-corrected chi connectivity index (χ4v) is 2.85. The highest BCUT2D eigenvalue weighted by atomic mass is 16.5. The molecule has 0 N–H and O–H groups in total. The van der Waals surface area contributed by atoms with E-state index in [-0.39, 0.29) is 0 Å². The van der Waals surface area contributed by atoms with Gasteiger partial charge in [-0.25, -0.2) is 4.98 Å². The zero-order valence-corrected chi connectivity index (χ0v) is 10.9. The van der Waals surface area contributed by atoms with E-state index in [0.29, 0.717) is 5.52 Å². The normalized spacial score (nSPS) is 17.0. The summed E-state index contributed by atoms with van der Waals surface area (Å²) in [4.78, 5) is 4.67. The number of aromatic nitrogens is 2. The Balaban J connectivity index is 2.19. The zero-order chi connectivity index (χ0) is 12.8. The fraction of sp³-hybridized carbons (Fsp3) is 0.429. The number of quaternary nitrogens is 1. The highest BCUT2D eigenvalue weighted by molar-refractivity contribution is 5.70. The van der Waals surface area contributed by atoms with Crippen molar-refractivity contribution in [2.45, 2.75) is 26.9 Å². The molecule has 3 rings (SSSR count). The third-order valence-corrected chi connectivity index (χ3v) is 4.25. The molecule has 0 unspecified atom stereocenters. The van der Waals surface area contributed by atoms with Gasteiger partial charge in [-0.1, -0.05) is 12.1 Å². The molecule has 0 fully saturated rings. The van der Waals surface area contributed by atoms with Gasteiger partial charge in [0.15, 0.2) is 12.2 Å². The number of hydrogen-bond donors (Lipinski definition) is 0. The Bertz CT molecular complexity index is 605. The number of benzene rings is 1. The van der Waals surface area contributed by atoms with Gasteiger partial charge < -0.3 is 9.69 Å². The van der Waals surface area contributed by atoms with Crippen molar-refractivity contribution in [1.29, 1.82) is 0 Å². The summed E-state index contributed by atoms with van der Waals surface area (Å²) in [6, 6.07) is 7.58. The van der Waals surface area contributed by atoms with Crippen LogP contribution in [-0.2, 0) is 13.1 Å². The molecule has 1 aliphatic heterocycles. The van der Waals surface area contributed by atoms with Crippen LogP contribution in [0.1, 0.15) is 25.2 Å². The molecule has 1 aromatic heterocycles. The largest absolute Gasteiger partial charge is 0.618 e. The fourth-order valence-electron chi connectivity index (χ4n) is 2.85.